The SMILES string of the molecule is O=C([C@@H]1CC=CCC1)N1CC[C@@H](S(=O)(=O)c2ccccc2)C1. The topological polar surface area (TPSA) is 54.5 Å². The van der Waals surface area contributed by atoms with Crippen LogP contribution in [0.5, 0.6) is 0 Å². The number of hydrogen-bond donors (Lipinski definition) is 0. The third kappa shape index (κ3) is 2.95. The number of rotatable bonds is 3. The van der Waals surface area contributed by atoms with Crippen LogP contribution in [-0.2, 0) is 14.6 Å². The van der Waals surface area contributed by atoms with Gasteiger partial charge in [-0.15, -0.1) is 0 Å². The first-order chi connectivity index (χ1) is 10.6. The lowest BCUT2D eigenvalue weighted by Crippen LogP contribution is -2.36. The zero-order chi connectivity index (χ0) is 15.6. The highest BCUT2D eigenvalue weighted by Gasteiger charge is 2.37. The Morgan fingerprint density at radius 3 is 2.55 bits per heavy atom. The molecule has 4 nitrogen and oxygen atoms in total. The third-order valence-corrected chi connectivity index (χ3v) is 6.78. The van der Waals surface area contributed by atoms with Crippen LogP contribution in [0.3, 0.4) is 0 Å². The summed E-state index contributed by atoms with van der Waals surface area (Å²) in [6.07, 6.45) is 7.30. The maximum absolute atomic E-state index is 12.6. The molecular formula is C17H21NO3S. The van der Waals surface area contributed by atoms with Crippen molar-refractivity contribution in [3.8, 4) is 0 Å². The van der Waals surface area contributed by atoms with Gasteiger partial charge in [-0.3, -0.25) is 4.79 Å². The highest BCUT2D eigenvalue weighted by molar-refractivity contribution is 7.92. The summed E-state index contributed by atoms with van der Waals surface area (Å²) >= 11 is 0. The molecule has 1 aliphatic carbocycles. The second-order valence-electron chi connectivity index (χ2n) is 6.03. The summed E-state index contributed by atoms with van der Waals surface area (Å²) in [5.41, 5.74) is 0. The largest absolute Gasteiger partial charge is 0.341 e. The molecular weight excluding hydrogens is 298 g/mol. The minimum atomic E-state index is -3.34. The van der Waals surface area contributed by atoms with E-state index in [0.717, 1.165) is 19.3 Å². The predicted octanol–water partition coefficient (Wildman–Crippen LogP) is 2.42. The highest BCUT2D eigenvalue weighted by Crippen LogP contribution is 2.27. The number of hydrogen-bond acceptors (Lipinski definition) is 3. The van der Waals surface area contributed by atoms with Crippen LogP contribution in [0.15, 0.2) is 47.4 Å². The molecule has 0 bridgehead atoms. The Labute approximate surface area is 131 Å². The first-order valence-corrected chi connectivity index (χ1v) is 9.36. The lowest BCUT2D eigenvalue weighted by atomic mass is 9.93. The van der Waals surface area contributed by atoms with E-state index in [-0.39, 0.29) is 11.8 Å². The van der Waals surface area contributed by atoms with Crippen LogP contribution in [0.1, 0.15) is 25.7 Å². The summed E-state index contributed by atoms with van der Waals surface area (Å²) in [6.45, 7) is 0.881. The molecule has 1 amide bonds. The van der Waals surface area contributed by atoms with Gasteiger partial charge in [0.2, 0.25) is 5.91 Å². The number of carbonyl (C=O) groups excluding carboxylic acids is 1. The van der Waals surface area contributed by atoms with Crippen molar-refractivity contribution in [3.05, 3.63) is 42.5 Å². The van der Waals surface area contributed by atoms with Crippen molar-refractivity contribution in [2.24, 2.45) is 5.92 Å². The fourth-order valence-electron chi connectivity index (χ4n) is 3.26. The molecule has 1 aromatic rings. The number of sulfone groups is 1. The van der Waals surface area contributed by atoms with E-state index >= 15 is 0 Å². The van der Waals surface area contributed by atoms with E-state index in [2.05, 4.69) is 12.2 Å². The van der Waals surface area contributed by atoms with Crippen molar-refractivity contribution in [1.82, 2.24) is 4.90 Å². The second kappa shape index (κ2) is 6.24. The monoisotopic (exact) mass is 319 g/mol. The Bertz CT molecular complexity index is 666. The van der Waals surface area contributed by atoms with Gasteiger partial charge in [0.15, 0.2) is 9.84 Å². The zero-order valence-corrected chi connectivity index (χ0v) is 13.3. The molecule has 2 aliphatic rings. The molecule has 0 saturated carbocycles. The van der Waals surface area contributed by atoms with E-state index in [0.29, 0.717) is 24.4 Å². The molecule has 1 aromatic carbocycles. The molecule has 2 atom stereocenters. The number of nitrogens with zero attached hydrogens (tertiary/aromatic N) is 1. The van der Waals surface area contributed by atoms with Crippen molar-refractivity contribution in [2.75, 3.05) is 13.1 Å². The molecule has 0 N–H and O–H groups in total. The fraction of sp³-hybridized carbons (Fsp3) is 0.471. The van der Waals surface area contributed by atoms with E-state index in [9.17, 15) is 13.2 Å². The molecule has 0 radical (unpaired) electrons. The van der Waals surface area contributed by atoms with Gasteiger partial charge in [-0.05, 0) is 37.8 Å². The van der Waals surface area contributed by atoms with Crippen molar-refractivity contribution in [3.63, 3.8) is 0 Å². The van der Waals surface area contributed by atoms with Gasteiger partial charge in [0, 0.05) is 19.0 Å². The minimum absolute atomic E-state index is 0.0307. The van der Waals surface area contributed by atoms with Gasteiger partial charge < -0.3 is 4.90 Å². The number of amides is 1. The van der Waals surface area contributed by atoms with Crippen LogP contribution in [0.25, 0.3) is 0 Å². The Morgan fingerprint density at radius 2 is 1.86 bits per heavy atom. The molecule has 118 valence electrons. The Morgan fingerprint density at radius 1 is 1.09 bits per heavy atom. The van der Waals surface area contributed by atoms with E-state index in [1.807, 2.05) is 0 Å². The van der Waals surface area contributed by atoms with E-state index < -0.39 is 15.1 Å². The first-order valence-electron chi connectivity index (χ1n) is 7.82. The van der Waals surface area contributed by atoms with Gasteiger partial charge in [0.25, 0.3) is 0 Å². The van der Waals surface area contributed by atoms with E-state index in [1.54, 1.807) is 35.2 Å². The molecule has 0 spiro atoms. The molecule has 1 saturated heterocycles. The Kier molecular flexibility index (Phi) is 4.34. The molecule has 0 unspecified atom stereocenters. The average molecular weight is 319 g/mol. The summed E-state index contributed by atoms with van der Waals surface area (Å²) in [7, 11) is -3.34. The smallest absolute Gasteiger partial charge is 0.226 e. The van der Waals surface area contributed by atoms with Gasteiger partial charge in [-0.25, -0.2) is 8.42 Å². The van der Waals surface area contributed by atoms with Crippen molar-refractivity contribution >= 4 is 15.7 Å². The van der Waals surface area contributed by atoms with Crippen LogP contribution in [-0.4, -0.2) is 37.6 Å². The third-order valence-electron chi connectivity index (χ3n) is 4.59. The van der Waals surface area contributed by atoms with Crippen LogP contribution in [0, 0.1) is 5.92 Å². The molecule has 5 heteroatoms. The standard InChI is InChI=1S/C17H21NO3S/c19-17(14-7-3-1-4-8-14)18-12-11-16(13-18)22(20,21)15-9-5-2-6-10-15/h1-3,5-6,9-10,14,16H,4,7-8,11-13H2/t14-,16-/m1/s1. The van der Waals surface area contributed by atoms with Crippen molar-refractivity contribution < 1.29 is 13.2 Å². The maximum Gasteiger partial charge on any atom is 0.226 e. The first kappa shape index (κ1) is 15.3. The van der Waals surface area contributed by atoms with Gasteiger partial charge in [0.1, 0.15) is 0 Å². The Hall–Kier alpha value is -1.62. The zero-order valence-electron chi connectivity index (χ0n) is 12.5. The second-order valence-corrected chi connectivity index (χ2v) is 8.26. The normalized spacial score (nSPS) is 25.4. The number of allylic oxidation sites excluding steroid dienone is 2. The maximum atomic E-state index is 12.6. The summed E-state index contributed by atoms with van der Waals surface area (Å²) in [4.78, 5) is 14.6. The number of benzene rings is 1. The van der Waals surface area contributed by atoms with Crippen LogP contribution in [0.2, 0.25) is 0 Å². The number of likely N-dealkylation sites (tertiary alicyclic amines) is 1. The number of carbonyl (C=O) groups is 1. The van der Waals surface area contributed by atoms with Gasteiger partial charge >= 0.3 is 0 Å². The van der Waals surface area contributed by atoms with Gasteiger partial charge in [0.05, 0.1) is 10.1 Å². The average Bonchev–Trinajstić information content (AvgIpc) is 3.06. The molecule has 1 heterocycles. The van der Waals surface area contributed by atoms with Gasteiger partial charge in [-0.1, -0.05) is 30.4 Å². The predicted molar refractivity (Wildman–Crippen MR) is 85.1 cm³/mol. The fourth-order valence-corrected chi connectivity index (χ4v) is 4.97. The quantitative estimate of drug-likeness (QED) is 0.804. The minimum Gasteiger partial charge on any atom is -0.341 e. The molecule has 3 rings (SSSR count). The molecule has 1 fully saturated rings. The van der Waals surface area contributed by atoms with Gasteiger partial charge in [-0.2, -0.15) is 0 Å². The molecule has 22 heavy (non-hydrogen) atoms. The lowest BCUT2D eigenvalue weighted by molar-refractivity contribution is -0.134. The van der Waals surface area contributed by atoms with Crippen molar-refractivity contribution in [1.29, 1.82) is 0 Å². The summed E-state index contributed by atoms with van der Waals surface area (Å²) in [6, 6.07) is 8.54. The summed E-state index contributed by atoms with van der Waals surface area (Å²) in [5, 5.41) is -0.474. The molecule has 1 aliphatic heterocycles. The molecule has 0 aromatic heterocycles. The Balaban J connectivity index is 1.69. The van der Waals surface area contributed by atoms with Crippen LogP contribution in [0.4, 0.5) is 0 Å². The van der Waals surface area contributed by atoms with E-state index in [4.69, 9.17) is 0 Å². The highest BCUT2D eigenvalue weighted by atomic mass is 32.2. The lowest BCUT2D eigenvalue weighted by Gasteiger charge is -2.24. The van der Waals surface area contributed by atoms with Crippen LogP contribution < -0.4 is 0 Å². The van der Waals surface area contributed by atoms with Crippen molar-refractivity contribution in [2.45, 2.75) is 35.8 Å². The summed E-state index contributed by atoms with van der Waals surface area (Å²) < 4.78 is 25.3. The van der Waals surface area contributed by atoms with Crippen LogP contribution >= 0.6 is 0 Å². The summed E-state index contributed by atoms with van der Waals surface area (Å²) in [5.74, 6) is 0.151. The van der Waals surface area contributed by atoms with E-state index in [1.165, 1.54) is 0 Å².